The molecule has 1 aromatic rings. The molecule has 0 aromatic carbocycles. The highest BCUT2D eigenvalue weighted by molar-refractivity contribution is 7.99. The van der Waals surface area contributed by atoms with Crippen molar-refractivity contribution in [2.45, 2.75) is 45.2 Å². The van der Waals surface area contributed by atoms with E-state index in [0.29, 0.717) is 31.9 Å². The second-order valence-electron chi connectivity index (χ2n) is 7.23. The molecular weight excluding hydrogens is 350 g/mol. The van der Waals surface area contributed by atoms with Crippen molar-refractivity contribution in [3.8, 4) is 0 Å². The van der Waals surface area contributed by atoms with Gasteiger partial charge in [-0.1, -0.05) is 6.92 Å². The Morgan fingerprint density at radius 1 is 1.38 bits per heavy atom. The third kappa shape index (κ3) is 6.14. The van der Waals surface area contributed by atoms with Crippen LogP contribution in [0.1, 0.15) is 43.6 Å². The van der Waals surface area contributed by atoms with Gasteiger partial charge < -0.3 is 19.7 Å². The van der Waals surface area contributed by atoms with Gasteiger partial charge in [-0.15, -0.1) is 11.8 Å². The van der Waals surface area contributed by atoms with Crippen LogP contribution in [0.15, 0.2) is 11.1 Å². The van der Waals surface area contributed by atoms with Crippen molar-refractivity contribution in [2.24, 2.45) is 0 Å². The third-order valence-corrected chi connectivity index (χ3v) is 4.79. The second kappa shape index (κ2) is 9.58. The Bertz CT molecular complexity index is 611. The van der Waals surface area contributed by atoms with Crippen molar-refractivity contribution >= 4 is 23.5 Å². The number of morpholine rings is 1. The average Bonchev–Trinajstić information content (AvgIpc) is 2.58. The van der Waals surface area contributed by atoms with Crippen LogP contribution in [0.3, 0.4) is 0 Å². The molecule has 0 atom stereocenters. The lowest BCUT2D eigenvalue weighted by molar-refractivity contribution is -0.000668. The highest BCUT2D eigenvalue weighted by Crippen LogP contribution is 2.27. The van der Waals surface area contributed by atoms with Gasteiger partial charge in [0, 0.05) is 19.6 Å². The van der Waals surface area contributed by atoms with E-state index in [9.17, 15) is 4.79 Å². The van der Waals surface area contributed by atoms with Crippen LogP contribution < -0.4 is 10.2 Å². The van der Waals surface area contributed by atoms with Gasteiger partial charge in [0.2, 0.25) is 0 Å². The van der Waals surface area contributed by atoms with E-state index < -0.39 is 0 Å². The zero-order valence-electron chi connectivity index (χ0n) is 16.6. The van der Waals surface area contributed by atoms with Crippen molar-refractivity contribution in [3.63, 3.8) is 0 Å². The van der Waals surface area contributed by atoms with Crippen LogP contribution in [0.2, 0.25) is 0 Å². The molecule has 1 amide bonds. The van der Waals surface area contributed by atoms with Gasteiger partial charge in [-0.2, -0.15) is 0 Å². The summed E-state index contributed by atoms with van der Waals surface area (Å²) in [5.41, 5.74) is 1.42. The number of carbonyl (C=O) groups excluding carboxylic acids is 1. The van der Waals surface area contributed by atoms with Gasteiger partial charge in [-0.3, -0.25) is 4.79 Å². The smallest absolute Gasteiger partial charge is 0.254 e. The summed E-state index contributed by atoms with van der Waals surface area (Å²) in [5, 5.41) is 3.75. The summed E-state index contributed by atoms with van der Waals surface area (Å²) in [6.45, 7) is 14.1. The standard InChI is InChI=1S/C19H31N3O3S/c1-6-26-18-16(17(23)20-7-10-25-19(3,4)5)14(2)13-15(21-18)22-8-11-24-12-9-22/h13H,6-12H2,1-5H3,(H,20,23). The number of nitrogens with one attached hydrogen (secondary N) is 1. The van der Waals surface area contributed by atoms with Crippen molar-refractivity contribution in [3.05, 3.63) is 17.2 Å². The molecule has 0 bridgehead atoms. The van der Waals surface area contributed by atoms with Gasteiger partial charge >= 0.3 is 0 Å². The largest absolute Gasteiger partial charge is 0.378 e. The van der Waals surface area contributed by atoms with Crippen molar-refractivity contribution in [1.29, 1.82) is 0 Å². The maximum absolute atomic E-state index is 12.7. The molecule has 0 aliphatic carbocycles. The molecule has 7 heteroatoms. The molecule has 1 saturated heterocycles. The topological polar surface area (TPSA) is 63.7 Å². The lowest BCUT2D eigenvalue weighted by Gasteiger charge is -2.29. The summed E-state index contributed by atoms with van der Waals surface area (Å²) in [5.74, 6) is 1.71. The molecule has 1 N–H and O–H groups in total. The van der Waals surface area contributed by atoms with E-state index in [-0.39, 0.29) is 11.5 Å². The van der Waals surface area contributed by atoms with E-state index in [4.69, 9.17) is 14.5 Å². The first-order chi connectivity index (χ1) is 12.3. The quantitative estimate of drug-likeness (QED) is 0.579. The summed E-state index contributed by atoms with van der Waals surface area (Å²) in [4.78, 5) is 19.7. The van der Waals surface area contributed by atoms with Gasteiger partial charge in [0.05, 0.1) is 31.0 Å². The van der Waals surface area contributed by atoms with Gasteiger partial charge in [0.25, 0.3) is 5.91 Å². The minimum absolute atomic E-state index is 0.0861. The molecule has 2 heterocycles. The summed E-state index contributed by atoms with van der Waals surface area (Å²) in [6, 6.07) is 2.01. The first-order valence-electron chi connectivity index (χ1n) is 9.21. The number of pyridine rings is 1. The maximum atomic E-state index is 12.7. The number of nitrogens with zero attached hydrogens (tertiary/aromatic N) is 2. The molecule has 0 spiro atoms. The Morgan fingerprint density at radius 3 is 2.69 bits per heavy atom. The number of aryl methyl sites for hydroxylation is 1. The van der Waals surface area contributed by atoms with Gasteiger partial charge in [0.15, 0.2) is 0 Å². The van der Waals surface area contributed by atoms with Crippen molar-refractivity contribution in [1.82, 2.24) is 10.3 Å². The van der Waals surface area contributed by atoms with E-state index in [2.05, 4.69) is 17.1 Å². The fourth-order valence-corrected chi connectivity index (χ4v) is 3.54. The van der Waals surface area contributed by atoms with E-state index in [1.807, 2.05) is 33.8 Å². The molecule has 1 aliphatic heterocycles. The summed E-state index contributed by atoms with van der Waals surface area (Å²) in [7, 11) is 0. The summed E-state index contributed by atoms with van der Waals surface area (Å²) >= 11 is 1.60. The molecule has 1 aliphatic rings. The first kappa shape index (κ1) is 21.0. The Morgan fingerprint density at radius 2 is 2.08 bits per heavy atom. The first-order valence-corrected chi connectivity index (χ1v) is 10.2. The normalized spacial score (nSPS) is 15.2. The predicted octanol–water partition coefficient (Wildman–Crippen LogP) is 2.88. The predicted molar refractivity (Wildman–Crippen MR) is 106 cm³/mol. The molecule has 0 unspecified atom stereocenters. The lowest BCUT2D eigenvalue weighted by atomic mass is 10.1. The third-order valence-electron chi connectivity index (χ3n) is 3.94. The number of amides is 1. The molecule has 1 fully saturated rings. The Balaban J connectivity index is 2.11. The molecule has 1 aromatic heterocycles. The lowest BCUT2D eigenvalue weighted by Crippen LogP contribution is -2.37. The summed E-state index contributed by atoms with van der Waals surface area (Å²) < 4.78 is 11.1. The van der Waals surface area contributed by atoms with Crippen LogP contribution in [0.25, 0.3) is 0 Å². The fourth-order valence-electron chi connectivity index (χ4n) is 2.71. The molecule has 146 valence electrons. The number of hydrogen-bond acceptors (Lipinski definition) is 6. The monoisotopic (exact) mass is 381 g/mol. The zero-order chi connectivity index (χ0) is 19.2. The minimum atomic E-state index is -0.203. The second-order valence-corrected chi connectivity index (χ2v) is 8.48. The molecule has 6 nitrogen and oxygen atoms in total. The van der Waals surface area contributed by atoms with Crippen LogP contribution in [0.4, 0.5) is 5.82 Å². The van der Waals surface area contributed by atoms with Gasteiger partial charge in [-0.25, -0.2) is 4.98 Å². The number of anilines is 1. The molecule has 0 radical (unpaired) electrons. The van der Waals surface area contributed by atoms with Gasteiger partial charge in [-0.05, 0) is 45.1 Å². The fraction of sp³-hybridized carbons (Fsp3) is 0.684. The van der Waals surface area contributed by atoms with Crippen LogP contribution in [0, 0.1) is 6.92 Å². The van der Waals surface area contributed by atoms with E-state index >= 15 is 0 Å². The van der Waals surface area contributed by atoms with Crippen LogP contribution in [-0.4, -0.2) is 61.7 Å². The Hall–Kier alpha value is -1.31. The van der Waals surface area contributed by atoms with Gasteiger partial charge in [0.1, 0.15) is 10.8 Å². The maximum Gasteiger partial charge on any atom is 0.254 e. The number of aromatic nitrogens is 1. The van der Waals surface area contributed by atoms with Crippen LogP contribution >= 0.6 is 11.8 Å². The average molecular weight is 382 g/mol. The number of thioether (sulfide) groups is 1. The molecule has 26 heavy (non-hydrogen) atoms. The number of rotatable bonds is 7. The Labute approximate surface area is 161 Å². The van der Waals surface area contributed by atoms with Crippen LogP contribution in [0.5, 0.6) is 0 Å². The summed E-state index contributed by atoms with van der Waals surface area (Å²) in [6.07, 6.45) is 0. The highest BCUT2D eigenvalue weighted by Gasteiger charge is 2.21. The number of carbonyl (C=O) groups is 1. The van der Waals surface area contributed by atoms with E-state index in [1.165, 1.54) is 0 Å². The van der Waals surface area contributed by atoms with E-state index in [1.54, 1.807) is 11.8 Å². The SMILES string of the molecule is CCSc1nc(N2CCOCC2)cc(C)c1C(=O)NCCOC(C)(C)C. The Kier molecular flexibility index (Phi) is 7.73. The van der Waals surface area contributed by atoms with Crippen molar-refractivity contribution in [2.75, 3.05) is 50.1 Å². The van der Waals surface area contributed by atoms with E-state index in [0.717, 1.165) is 35.2 Å². The number of ether oxygens (including phenoxy) is 2. The van der Waals surface area contributed by atoms with Crippen LogP contribution in [-0.2, 0) is 9.47 Å². The molecule has 0 saturated carbocycles. The molecule has 2 rings (SSSR count). The zero-order valence-corrected chi connectivity index (χ0v) is 17.4. The minimum Gasteiger partial charge on any atom is -0.378 e. The van der Waals surface area contributed by atoms with Crippen molar-refractivity contribution < 1.29 is 14.3 Å². The highest BCUT2D eigenvalue weighted by atomic mass is 32.2. The molecular formula is C19H31N3O3S. The number of hydrogen-bond donors (Lipinski definition) is 1.